The summed E-state index contributed by atoms with van der Waals surface area (Å²) in [5.41, 5.74) is 0.490. The molecule has 0 aromatic heterocycles. The smallest absolute Gasteiger partial charge is 0.333 e. The number of carbonyl (C=O) groups is 1. The zero-order valence-electron chi connectivity index (χ0n) is 11.6. The number of ether oxygens (including phenoxy) is 1. The minimum absolute atomic E-state index is 0.256. The summed E-state index contributed by atoms with van der Waals surface area (Å²) in [5, 5.41) is 0. The molecule has 0 aliphatic heterocycles. The maximum absolute atomic E-state index is 11.1. The van der Waals surface area contributed by atoms with E-state index in [0.29, 0.717) is 12.2 Å². The third-order valence-corrected chi connectivity index (χ3v) is 3.54. The van der Waals surface area contributed by atoms with E-state index in [4.69, 9.17) is 4.74 Å². The molecule has 0 atom stereocenters. The van der Waals surface area contributed by atoms with Crippen molar-refractivity contribution in [3.8, 4) is 0 Å². The number of carbonyl (C=O) groups excluding carboxylic acids is 1. The fraction of sp³-hybridized carbons (Fsp3) is 0.786. The molecule has 2 nitrogen and oxygen atoms in total. The highest BCUT2D eigenvalue weighted by atomic mass is 28.1. The largest absolute Gasteiger partial charge is 0.462 e. The fourth-order valence-electron chi connectivity index (χ4n) is 1.70. The summed E-state index contributed by atoms with van der Waals surface area (Å²) in [5.74, 6) is -0.256. The summed E-state index contributed by atoms with van der Waals surface area (Å²) in [6.45, 7) is 5.78. The lowest BCUT2D eigenvalue weighted by molar-refractivity contribution is -0.139. The monoisotopic (exact) mass is 256 g/mol. The van der Waals surface area contributed by atoms with Gasteiger partial charge in [0.15, 0.2) is 0 Å². The van der Waals surface area contributed by atoms with Crippen LogP contribution in [0.15, 0.2) is 12.2 Å². The Morgan fingerprint density at radius 2 is 1.47 bits per heavy atom. The van der Waals surface area contributed by atoms with Gasteiger partial charge < -0.3 is 4.74 Å². The van der Waals surface area contributed by atoms with Gasteiger partial charge in [0, 0.05) is 15.8 Å². The molecule has 0 radical (unpaired) electrons. The van der Waals surface area contributed by atoms with Crippen molar-refractivity contribution in [2.24, 2.45) is 0 Å². The topological polar surface area (TPSA) is 26.3 Å². The molecule has 0 saturated heterocycles. The molecular formula is C14H28O2Si. The van der Waals surface area contributed by atoms with Crippen molar-refractivity contribution in [2.45, 2.75) is 64.3 Å². The van der Waals surface area contributed by atoms with E-state index < -0.39 is 0 Å². The van der Waals surface area contributed by atoms with Gasteiger partial charge in [-0.3, -0.25) is 0 Å². The molecular weight excluding hydrogens is 228 g/mol. The van der Waals surface area contributed by atoms with E-state index in [0.717, 1.165) is 6.42 Å². The van der Waals surface area contributed by atoms with Crippen LogP contribution < -0.4 is 0 Å². The highest BCUT2D eigenvalue weighted by Gasteiger charge is 2.01. The van der Waals surface area contributed by atoms with E-state index in [1.54, 1.807) is 6.92 Å². The first-order valence-electron chi connectivity index (χ1n) is 7.01. The molecule has 0 aliphatic carbocycles. The van der Waals surface area contributed by atoms with Crippen LogP contribution in [0.4, 0.5) is 0 Å². The molecule has 0 aliphatic rings. The molecule has 0 rings (SSSR count). The third-order valence-electron chi connectivity index (χ3n) is 2.83. The van der Waals surface area contributed by atoms with Gasteiger partial charge in [-0.2, -0.15) is 0 Å². The number of unbranched alkanes of at least 4 members (excludes halogenated alkanes) is 7. The zero-order chi connectivity index (χ0) is 12.9. The Hall–Kier alpha value is -0.573. The highest BCUT2D eigenvalue weighted by Crippen LogP contribution is 2.09. The second-order valence-electron chi connectivity index (χ2n) is 4.74. The van der Waals surface area contributed by atoms with Crippen LogP contribution in [-0.4, -0.2) is 22.8 Å². The van der Waals surface area contributed by atoms with Crippen LogP contribution in [0.1, 0.15) is 58.3 Å². The van der Waals surface area contributed by atoms with Crippen LogP contribution >= 0.6 is 0 Å². The second-order valence-corrected chi connectivity index (χ2v) is 5.74. The maximum Gasteiger partial charge on any atom is 0.333 e. The Labute approximate surface area is 109 Å². The lowest BCUT2D eigenvalue weighted by Crippen LogP contribution is -2.05. The van der Waals surface area contributed by atoms with Gasteiger partial charge in [-0.05, 0) is 13.3 Å². The molecule has 3 heteroatoms. The molecule has 100 valence electrons. The predicted octanol–water partition coefficient (Wildman–Crippen LogP) is 3.01. The van der Waals surface area contributed by atoms with Gasteiger partial charge in [0.1, 0.15) is 0 Å². The lowest BCUT2D eigenvalue weighted by atomic mass is 10.1. The first kappa shape index (κ1) is 16.4. The van der Waals surface area contributed by atoms with Crippen molar-refractivity contribution < 1.29 is 9.53 Å². The predicted molar refractivity (Wildman–Crippen MR) is 77.5 cm³/mol. The second kappa shape index (κ2) is 11.9. The summed E-state index contributed by atoms with van der Waals surface area (Å²) in [6, 6.07) is 1.45. The minimum Gasteiger partial charge on any atom is -0.462 e. The normalized spacial score (nSPS) is 10.4. The molecule has 0 bridgehead atoms. The summed E-state index contributed by atoms with van der Waals surface area (Å²) < 4.78 is 5.03. The van der Waals surface area contributed by atoms with E-state index in [1.165, 1.54) is 61.2 Å². The molecule has 0 N–H and O–H groups in total. The lowest BCUT2D eigenvalue weighted by Gasteiger charge is -2.04. The molecule has 0 amide bonds. The Balaban J connectivity index is 3.08. The average Bonchev–Trinajstić information content (AvgIpc) is 2.31. The molecule has 0 saturated carbocycles. The number of esters is 1. The van der Waals surface area contributed by atoms with Crippen LogP contribution in [0.5, 0.6) is 0 Å². The van der Waals surface area contributed by atoms with Crippen molar-refractivity contribution in [2.75, 3.05) is 6.61 Å². The van der Waals surface area contributed by atoms with Crippen molar-refractivity contribution in [3.05, 3.63) is 12.2 Å². The van der Waals surface area contributed by atoms with Gasteiger partial charge in [0.25, 0.3) is 0 Å². The van der Waals surface area contributed by atoms with Crippen molar-refractivity contribution in [1.29, 1.82) is 0 Å². The first-order valence-corrected chi connectivity index (χ1v) is 8.42. The number of hydrogen-bond donors (Lipinski definition) is 0. The quantitative estimate of drug-likeness (QED) is 0.246. The van der Waals surface area contributed by atoms with Crippen molar-refractivity contribution in [1.82, 2.24) is 0 Å². The van der Waals surface area contributed by atoms with Crippen LogP contribution in [-0.2, 0) is 9.53 Å². The Kier molecular flexibility index (Phi) is 11.5. The SMILES string of the molecule is C=C(C)C(=O)OCCCCCCCCCC[SiH3]. The summed E-state index contributed by atoms with van der Waals surface area (Å²) in [7, 11) is 1.36. The summed E-state index contributed by atoms with van der Waals surface area (Å²) >= 11 is 0. The van der Waals surface area contributed by atoms with Crippen LogP contribution in [0.3, 0.4) is 0 Å². The average molecular weight is 256 g/mol. The summed E-state index contributed by atoms with van der Waals surface area (Å²) in [4.78, 5) is 11.1. The van der Waals surface area contributed by atoms with E-state index in [-0.39, 0.29) is 5.97 Å². The Bertz CT molecular complexity index is 214. The number of rotatable bonds is 11. The van der Waals surface area contributed by atoms with Gasteiger partial charge in [-0.1, -0.05) is 57.6 Å². The molecule has 0 heterocycles. The Morgan fingerprint density at radius 3 is 1.94 bits per heavy atom. The fourth-order valence-corrected chi connectivity index (χ4v) is 2.20. The molecule has 0 spiro atoms. The molecule has 0 aromatic rings. The number of hydrogen-bond acceptors (Lipinski definition) is 2. The van der Waals surface area contributed by atoms with Gasteiger partial charge in [-0.15, -0.1) is 0 Å². The van der Waals surface area contributed by atoms with Gasteiger partial charge >= 0.3 is 5.97 Å². The zero-order valence-corrected chi connectivity index (χ0v) is 13.6. The third kappa shape index (κ3) is 11.7. The van der Waals surface area contributed by atoms with Crippen molar-refractivity contribution >= 4 is 16.2 Å². The minimum atomic E-state index is -0.256. The highest BCUT2D eigenvalue weighted by molar-refractivity contribution is 6.08. The van der Waals surface area contributed by atoms with Crippen LogP contribution in [0.2, 0.25) is 6.04 Å². The Morgan fingerprint density at radius 1 is 1.00 bits per heavy atom. The summed E-state index contributed by atoms with van der Waals surface area (Å²) in [6.07, 6.45) is 10.4. The maximum atomic E-state index is 11.1. The van der Waals surface area contributed by atoms with Crippen LogP contribution in [0.25, 0.3) is 0 Å². The van der Waals surface area contributed by atoms with Crippen LogP contribution in [0, 0.1) is 0 Å². The molecule has 17 heavy (non-hydrogen) atoms. The molecule has 0 unspecified atom stereocenters. The van der Waals surface area contributed by atoms with E-state index in [9.17, 15) is 4.79 Å². The first-order chi connectivity index (χ1) is 8.18. The van der Waals surface area contributed by atoms with E-state index in [1.807, 2.05) is 0 Å². The van der Waals surface area contributed by atoms with Crippen molar-refractivity contribution in [3.63, 3.8) is 0 Å². The molecule has 0 fully saturated rings. The molecule has 0 aromatic carbocycles. The van der Waals surface area contributed by atoms with E-state index in [2.05, 4.69) is 6.58 Å². The van der Waals surface area contributed by atoms with E-state index >= 15 is 0 Å². The standard InChI is InChI=1S/C14H28O2Si/c1-13(2)14(15)16-11-9-7-5-3-4-6-8-10-12-17/h1,3-12H2,2,17H3. The van der Waals surface area contributed by atoms with Gasteiger partial charge in [0.05, 0.1) is 6.61 Å². The van der Waals surface area contributed by atoms with Gasteiger partial charge in [-0.25, -0.2) is 4.79 Å². The van der Waals surface area contributed by atoms with Gasteiger partial charge in [0.2, 0.25) is 0 Å².